The Morgan fingerprint density at radius 3 is 2.81 bits per heavy atom. The molecule has 1 amide bonds. The van der Waals surface area contributed by atoms with Crippen LogP contribution in [0.25, 0.3) is 0 Å². The smallest absolute Gasteiger partial charge is 0.312 e. The molecule has 110 valence electrons. The number of nitrogens with zero attached hydrogens (tertiary/aromatic N) is 4. The van der Waals surface area contributed by atoms with Crippen LogP contribution in [0.4, 0.5) is 11.5 Å². The van der Waals surface area contributed by atoms with Gasteiger partial charge >= 0.3 is 5.69 Å². The minimum absolute atomic E-state index is 0.000882. The van der Waals surface area contributed by atoms with E-state index in [2.05, 4.69) is 10.3 Å². The number of aromatic nitrogens is 1. The highest BCUT2D eigenvalue weighted by Gasteiger charge is 2.26. The van der Waals surface area contributed by atoms with Crippen molar-refractivity contribution in [2.45, 2.75) is 25.8 Å². The predicted molar refractivity (Wildman–Crippen MR) is 74.5 cm³/mol. The Morgan fingerprint density at radius 2 is 2.24 bits per heavy atom. The number of nitriles is 1. The summed E-state index contributed by atoms with van der Waals surface area (Å²) in [4.78, 5) is 28.2. The molecule has 0 aromatic carbocycles. The van der Waals surface area contributed by atoms with E-state index >= 15 is 0 Å². The van der Waals surface area contributed by atoms with Gasteiger partial charge in [-0.25, -0.2) is 4.98 Å². The van der Waals surface area contributed by atoms with Gasteiger partial charge in [-0.3, -0.25) is 14.9 Å². The van der Waals surface area contributed by atoms with E-state index in [1.165, 1.54) is 6.20 Å². The fraction of sp³-hybridized carbons (Fsp3) is 0.462. The number of anilines is 1. The number of nitrogens with one attached hydrogen (secondary N) is 1. The van der Waals surface area contributed by atoms with Crippen molar-refractivity contribution >= 4 is 17.4 Å². The van der Waals surface area contributed by atoms with E-state index < -0.39 is 11.0 Å². The minimum atomic E-state index is -0.622. The maximum absolute atomic E-state index is 12.2. The highest BCUT2D eigenvalue weighted by atomic mass is 16.6. The predicted octanol–water partition coefficient (Wildman–Crippen LogP) is 1.28. The Balaban J connectivity index is 2.16. The highest BCUT2D eigenvalue weighted by Crippen LogP contribution is 2.23. The SMILES string of the molecule is CC(Nc1ncc(C#N)cc1[N+](=O)[O-])C(=O)N1CCCC1. The zero-order valence-corrected chi connectivity index (χ0v) is 11.6. The van der Waals surface area contributed by atoms with Gasteiger partial charge in [-0.05, 0) is 19.8 Å². The van der Waals surface area contributed by atoms with Crippen molar-refractivity contribution in [2.75, 3.05) is 18.4 Å². The van der Waals surface area contributed by atoms with Crippen LogP contribution < -0.4 is 5.32 Å². The topological polar surface area (TPSA) is 112 Å². The summed E-state index contributed by atoms with van der Waals surface area (Å²) in [5, 5.41) is 22.5. The first kappa shape index (κ1) is 14.7. The summed E-state index contributed by atoms with van der Waals surface area (Å²) in [6, 6.07) is 2.33. The lowest BCUT2D eigenvalue weighted by molar-refractivity contribution is -0.384. The van der Waals surface area contributed by atoms with Crippen molar-refractivity contribution in [2.24, 2.45) is 0 Å². The number of hydrogen-bond acceptors (Lipinski definition) is 6. The van der Waals surface area contributed by atoms with Gasteiger partial charge in [-0.15, -0.1) is 0 Å². The maximum atomic E-state index is 12.2. The normalized spacial score (nSPS) is 15.3. The Bertz CT molecular complexity index is 604. The number of nitro groups is 1. The summed E-state index contributed by atoms with van der Waals surface area (Å²) in [6.07, 6.45) is 3.20. The lowest BCUT2D eigenvalue weighted by Gasteiger charge is -2.21. The molecule has 0 aliphatic carbocycles. The number of amides is 1. The van der Waals surface area contributed by atoms with Gasteiger partial charge in [0.05, 0.1) is 10.5 Å². The van der Waals surface area contributed by atoms with Crippen LogP contribution in [0, 0.1) is 21.4 Å². The van der Waals surface area contributed by atoms with E-state index in [0.29, 0.717) is 13.1 Å². The van der Waals surface area contributed by atoms with Crippen molar-refractivity contribution < 1.29 is 9.72 Å². The molecule has 1 aromatic heterocycles. The van der Waals surface area contributed by atoms with Crippen LogP contribution in [0.2, 0.25) is 0 Å². The van der Waals surface area contributed by atoms with Gasteiger partial charge in [0.2, 0.25) is 11.7 Å². The van der Waals surface area contributed by atoms with Crippen molar-refractivity contribution in [1.82, 2.24) is 9.88 Å². The summed E-state index contributed by atoms with van der Waals surface area (Å²) in [6.45, 7) is 3.08. The average Bonchev–Trinajstić information content (AvgIpc) is 3.00. The average molecular weight is 289 g/mol. The van der Waals surface area contributed by atoms with Crippen LogP contribution in [0.1, 0.15) is 25.3 Å². The Labute approximate surface area is 121 Å². The number of pyridine rings is 1. The van der Waals surface area contributed by atoms with Crippen molar-refractivity contribution in [1.29, 1.82) is 5.26 Å². The summed E-state index contributed by atoms with van der Waals surface area (Å²) >= 11 is 0. The molecule has 1 aromatic rings. The van der Waals surface area contributed by atoms with Gasteiger partial charge in [-0.2, -0.15) is 5.26 Å². The molecule has 1 aliphatic rings. The Morgan fingerprint density at radius 1 is 1.57 bits per heavy atom. The quantitative estimate of drug-likeness (QED) is 0.660. The number of rotatable bonds is 4. The molecular formula is C13H15N5O3. The first-order chi connectivity index (χ1) is 10.0. The fourth-order valence-corrected chi connectivity index (χ4v) is 2.24. The Kier molecular flexibility index (Phi) is 4.33. The molecule has 1 atom stereocenters. The third kappa shape index (κ3) is 3.25. The summed E-state index contributed by atoms with van der Waals surface area (Å²) in [5.74, 6) is -0.105. The lowest BCUT2D eigenvalue weighted by Crippen LogP contribution is -2.39. The Hall–Kier alpha value is -2.69. The summed E-state index contributed by atoms with van der Waals surface area (Å²) in [7, 11) is 0. The molecule has 21 heavy (non-hydrogen) atoms. The molecule has 0 bridgehead atoms. The van der Waals surface area contributed by atoms with Gasteiger partial charge in [0, 0.05) is 25.4 Å². The first-order valence-electron chi connectivity index (χ1n) is 6.63. The van der Waals surface area contributed by atoms with Crippen molar-refractivity contribution in [3.63, 3.8) is 0 Å². The number of hydrogen-bond donors (Lipinski definition) is 1. The van der Waals surface area contributed by atoms with Crippen LogP contribution >= 0.6 is 0 Å². The molecule has 0 saturated carbocycles. The van der Waals surface area contributed by atoms with Crippen LogP contribution in [-0.2, 0) is 4.79 Å². The molecule has 1 fully saturated rings. The monoisotopic (exact) mass is 289 g/mol. The molecule has 0 radical (unpaired) electrons. The zero-order valence-electron chi connectivity index (χ0n) is 11.6. The number of likely N-dealkylation sites (tertiary alicyclic amines) is 1. The van der Waals surface area contributed by atoms with Crippen LogP contribution in [0.15, 0.2) is 12.3 Å². The van der Waals surface area contributed by atoms with Gasteiger partial charge < -0.3 is 10.2 Å². The van der Waals surface area contributed by atoms with E-state index in [0.717, 1.165) is 18.9 Å². The third-order valence-corrected chi connectivity index (χ3v) is 3.33. The summed E-state index contributed by atoms with van der Waals surface area (Å²) in [5.41, 5.74) is -0.208. The maximum Gasteiger partial charge on any atom is 0.312 e. The molecule has 8 heteroatoms. The first-order valence-corrected chi connectivity index (χ1v) is 6.63. The molecule has 1 unspecified atom stereocenters. The van der Waals surface area contributed by atoms with E-state index in [9.17, 15) is 14.9 Å². The highest BCUT2D eigenvalue weighted by molar-refractivity contribution is 5.84. The van der Waals surface area contributed by atoms with Crippen LogP contribution in [-0.4, -0.2) is 39.8 Å². The fourth-order valence-electron chi connectivity index (χ4n) is 2.24. The second-order valence-corrected chi connectivity index (χ2v) is 4.86. The second-order valence-electron chi connectivity index (χ2n) is 4.86. The second kappa shape index (κ2) is 6.17. The molecule has 8 nitrogen and oxygen atoms in total. The van der Waals surface area contributed by atoms with Gasteiger partial charge in [-0.1, -0.05) is 0 Å². The summed E-state index contributed by atoms with van der Waals surface area (Å²) < 4.78 is 0. The number of carbonyl (C=O) groups is 1. The van der Waals surface area contributed by atoms with E-state index in [4.69, 9.17) is 5.26 Å². The third-order valence-electron chi connectivity index (χ3n) is 3.33. The van der Waals surface area contributed by atoms with Gasteiger partial charge in [0.25, 0.3) is 0 Å². The zero-order chi connectivity index (χ0) is 15.4. The standard InChI is InChI=1S/C13H15N5O3/c1-9(13(19)17-4-2-3-5-17)16-12-11(18(20)21)6-10(7-14)8-15-12/h6,8-9H,2-5H2,1H3,(H,15,16). The van der Waals surface area contributed by atoms with Gasteiger partial charge in [0.15, 0.2) is 0 Å². The molecule has 2 rings (SSSR count). The molecule has 0 spiro atoms. The molecular weight excluding hydrogens is 274 g/mol. The minimum Gasteiger partial charge on any atom is -0.353 e. The van der Waals surface area contributed by atoms with E-state index in [-0.39, 0.29) is 23.0 Å². The van der Waals surface area contributed by atoms with Crippen LogP contribution in [0.5, 0.6) is 0 Å². The lowest BCUT2D eigenvalue weighted by atomic mass is 10.2. The number of carbonyl (C=O) groups excluding carboxylic acids is 1. The molecule has 2 heterocycles. The molecule has 1 aliphatic heterocycles. The van der Waals surface area contributed by atoms with Crippen LogP contribution in [0.3, 0.4) is 0 Å². The molecule has 1 N–H and O–H groups in total. The van der Waals surface area contributed by atoms with Crippen molar-refractivity contribution in [3.8, 4) is 6.07 Å². The van der Waals surface area contributed by atoms with E-state index in [1.54, 1.807) is 17.9 Å². The van der Waals surface area contributed by atoms with Crippen molar-refractivity contribution in [3.05, 3.63) is 27.9 Å². The largest absolute Gasteiger partial charge is 0.353 e. The molecule has 1 saturated heterocycles. The van der Waals surface area contributed by atoms with Gasteiger partial charge in [0.1, 0.15) is 12.1 Å². The van der Waals surface area contributed by atoms with E-state index in [1.807, 2.05) is 0 Å².